The van der Waals surface area contributed by atoms with Crippen molar-refractivity contribution >= 4 is 17.3 Å². The van der Waals surface area contributed by atoms with Crippen LogP contribution in [0.3, 0.4) is 0 Å². The van der Waals surface area contributed by atoms with Crippen molar-refractivity contribution in [1.29, 1.82) is 0 Å². The summed E-state index contributed by atoms with van der Waals surface area (Å²) in [6, 6.07) is 16.0. The zero-order valence-electron chi connectivity index (χ0n) is 15.0. The van der Waals surface area contributed by atoms with E-state index < -0.39 is 10.8 Å². The standard InChI is InChI=1S/C20H17N3O5/c1-28-18-10-7-15(12-17(18)23(26)27)20(25)21-16-8-5-14(6-9-16)13-22-11-3-2-4-19(22)24/h2-12H,13H2,1H3,(H,21,25). The molecule has 0 aliphatic rings. The number of benzene rings is 2. The maximum absolute atomic E-state index is 12.4. The molecule has 1 amide bonds. The Morgan fingerprint density at radius 2 is 1.89 bits per heavy atom. The van der Waals surface area contributed by atoms with E-state index in [9.17, 15) is 19.7 Å². The van der Waals surface area contributed by atoms with E-state index in [4.69, 9.17) is 4.74 Å². The zero-order valence-corrected chi connectivity index (χ0v) is 15.0. The zero-order chi connectivity index (χ0) is 20.1. The highest BCUT2D eigenvalue weighted by Crippen LogP contribution is 2.27. The Labute approximate surface area is 160 Å². The van der Waals surface area contributed by atoms with E-state index >= 15 is 0 Å². The minimum absolute atomic E-state index is 0.0852. The average Bonchev–Trinajstić information content (AvgIpc) is 2.70. The molecule has 0 unspecified atom stereocenters. The molecule has 0 spiro atoms. The van der Waals surface area contributed by atoms with Gasteiger partial charge in [-0.05, 0) is 35.9 Å². The van der Waals surface area contributed by atoms with E-state index in [2.05, 4.69) is 5.32 Å². The number of amides is 1. The van der Waals surface area contributed by atoms with Gasteiger partial charge >= 0.3 is 5.69 Å². The summed E-state index contributed by atoms with van der Waals surface area (Å²) in [5.74, 6) is -0.389. The number of carbonyl (C=O) groups is 1. The maximum Gasteiger partial charge on any atom is 0.311 e. The lowest BCUT2D eigenvalue weighted by molar-refractivity contribution is -0.385. The van der Waals surface area contributed by atoms with Gasteiger partial charge in [0.15, 0.2) is 5.75 Å². The summed E-state index contributed by atoms with van der Waals surface area (Å²) >= 11 is 0. The predicted octanol–water partition coefficient (Wildman–Crippen LogP) is 3.07. The Balaban J connectivity index is 1.73. The van der Waals surface area contributed by atoms with Crippen LogP contribution in [-0.2, 0) is 6.54 Å². The van der Waals surface area contributed by atoms with Crippen LogP contribution in [0.25, 0.3) is 0 Å². The number of aromatic nitrogens is 1. The predicted molar refractivity (Wildman–Crippen MR) is 104 cm³/mol. The third-order valence-electron chi connectivity index (χ3n) is 4.10. The third-order valence-corrected chi connectivity index (χ3v) is 4.10. The molecule has 1 N–H and O–H groups in total. The molecule has 8 heteroatoms. The van der Waals surface area contributed by atoms with Gasteiger partial charge in [-0.2, -0.15) is 0 Å². The van der Waals surface area contributed by atoms with Crippen LogP contribution in [0.5, 0.6) is 5.75 Å². The molecule has 142 valence electrons. The van der Waals surface area contributed by atoms with Gasteiger partial charge in [0.05, 0.1) is 18.6 Å². The highest BCUT2D eigenvalue weighted by molar-refractivity contribution is 6.04. The number of nitro benzene ring substituents is 1. The van der Waals surface area contributed by atoms with E-state index in [0.29, 0.717) is 12.2 Å². The second kappa shape index (κ2) is 8.17. The molecule has 1 heterocycles. The van der Waals surface area contributed by atoms with Crippen LogP contribution >= 0.6 is 0 Å². The van der Waals surface area contributed by atoms with Crippen LogP contribution in [0.1, 0.15) is 15.9 Å². The largest absolute Gasteiger partial charge is 0.490 e. The van der Waals surface area contributed by atoms with Crippen molar-refractivity contribution in [1.82, 2.24) is 4.57 Å². The molecule has 3 rings (SSSR count). The number of anilines is 1. The first kappa shape index (κ1) is 18.8. The van der Waals surface area contributed by atoms with E-state index in [1.54, 1.807) is 47.2 Å². The van der Waals surface area contributed by atoms with E-state index in [-0.39, 0.29) is 22.6 Å². The monoisotopic (exact) mass is 379 g/mol. The van der Waals surface area contributed by atoms with Gasteiger partial charge in [0, 0.05) is 29.6 Å². The summed E-state index contributed by atoms with van der Waals surface area (Å²) in [5.41, 5.74) is 1.20. The Hall–Kier alpha value is -3.94. The number of nitrogens with zero attached hydrogens (tertiary/aromatic N) is 2. The Morgan fingerprint density at radius 1 is 1.14 bits per heavy atom. The minimum Gasteiger partial charge on any atom is -0.490 e. The molecular formula is C20H17N3O5. The highest BCUT2D eigenvalue weighted by Gasteiger charge is 2.18. The summed E-state index contributed by atoms with van der Waals surface area (Å²) in [6.45, 7) is 0.415. The first-order valence-corrected chi connectivity index (χ1v) is 8.36. The fraction of sp³-hybridized carbons (Fsp3) is 0.100. The molecule has 3 aromatic rings. The smallest absolute Gasteiger partial charge is 0.311 e. The van der Waals surface area contributed by atoms with Crippen molar-refractivity contribution in [3.05, 3.63) is 98.5 Å². The first-order chi connectivity index (χ1) is 13.5. The minimum atomic E-state index is -0.601. The van der Waals surface area contributed by atoms with Gasteiger partial charge in [0.1, 0.15) is 0 Å². The van der Waals surface area contributed by atoms with Crippen molar-refractivity contribution in [3.8, 4) is 5.75 Å². The van der Waals surface area contributed by atoms with Crippen molar-refractivity contribution in [2.24, 2.45) is 0 Å². The van der Waals surface area contributed by atoms with Gasteiger partial charge in [-0.3, -0.25) is 19.7 Å². The Kier molecular flexibility index (Phi) is 5.50. The molecule has 8 nitrogen and oxygen atoms in total. The van der Waals surface area contributed by atoms with Gasteiger partial charge in [-0.25, -0.2) is 0 Å². The average molecular weight is 379 g/mol. The number of ether oxygens (including phenoxy) is 1. The molecule has 0 aliphatic heterocycles. The number of nitro groups is 1. The third kappa shape index (κ3) is 4.24. The summed E-state index contributed by atoms with van der Waals surface area (Å²) in [4.78, 5) is 34.6. The molecule has 0 atom stereocenters. The van der Waals surface area contributed by atoms with Gasteiger partial charge in [0.25, 0.3) is 11.5 Å². The lowest BCUT2D eigenvalue weighted by atomic mass is 10.1. The molecular weight excluding hydrogens is 362 g/mol. The molecule has 0 saturated carbocycles. The van der Waals surface area contributed by atoms with Crippen molar-refractivity contribution in [2.75, 3.05) is 12.4 Å². The summed E-state index contributed by atoms with van der Waals surface area (Å²) in [6.07, 6.45) is 1.70. The Morgan fingerprint density at radius 3 is 2.54 bits per heavy atom. The second-order valence-corrected chi connectivity index (χ2v) is 5.96. The molecule has 0 saturated heterocycles. The molecule has 0 bridgehead atoms. The fourth-order valence-electron chi connectivity index (χ4n) is 2.66. The van der Waals surface area contributed by atoms with Gasteiger partial charge in [-0.15, -0.1) is 0 Å². The number of hydrogen-bond donors (Lipinski definition) is 1. The number of rotatable bonds is 6. The quantitative estimate of drug-likeness (QED) is 0.524. The Bertz CT molecular complexity index is 1070. The number of pyridine rings is 1. The van der Waals surface area contributed by atoms with Crippen LogP contribution in [0.4, 0.5) is 11.4 Å². The van der Waals surface area contributed by atoms with Crippen LogP contribution in [0, 0.1) is 10.1 Å². The van der Waals surface area contributed by atoms with Crippen LogP contribution in [-0.4, -0.2) is 22.5 Å². The number of hydrogen-bond acceptors (Lipinski definition) is 5. The van der Waals surface area contributed by atoms with Gasteiger partial charge in [-0.1, -0.05) is 18.2 Å². The van der Waals surface area contributed by atoms with Crippen LogP contribution < -0.4 is 15.6 Å². The van der Waals surface area contributed by atoms with Gasteiger partial charge in [0.2, 0.25) is 0 Å². The number of nitrogens with one attached hydrogen (secondary N) is 1. The van der Waals surface area contributed by atoms with Crippen molar-refractivity contribution in [2.45, 2.75) is 6.54 Å². The van der Waals surface area contributed by atoms with E-state index in [1.165, 1.54) is 31.4 Å². The molecule has 0 radical (unpaired) electrons. The van der Waals surface area contributed by atoms with E-state index in [0.717, 1.165) is 5.56 Å². The summed E-state index contributed by atoms with van der Waals surface area (Å²) in [5, 5.41) is 13.8. The van der Waals surface area contributed by atoms with Crippen LogP contribution in [0.15, 0.2) is 71.7 Å². The van der Waals surface area contributed by atoms with Crippen molar-refractivity contribution < 1.29 is 14.5 Å². The second-order valence-electron chi connectivity index (χ2n) is 5.96. The van der Waals surface area contributed by atoms with Crippen LogP contribution in [0.2, 0.25) is 0 Å². The summed E-state index contributed by atoms with van der Waals surface area (Å²) in [7, 11) is 1.33. The molecule has 1 aromatic heterocycles. The molecule has 2 aromatic carbocycles. The molecule has 28 heavy (non-hydrogen) atoms. The topological polar surface area (TPSA) is 103 Å². The van der Waals surface area contributed by atoms with E-state index in [1.807, 2.05) is 0 Å². The normalized spacial score (nSPS) is 10.3. The molecule has 0 fully saturated rings. The first-order valence-electron chi connectivity index (χ1n) is 8.36. The number of methoxy groups -OCH3 is 1. The molecule has 0 aliphatic carbocycles. The lowest BCUT2D eigenvalue weighted by Crippen LogP contribution is -2.18. The lowest BCUT2D eigenvalue weighted by Gasteiger charge is -2.09. The fourth-order valence-corrected chi connectivity index (χ4v) is 2.66. The highest BCUT2D eigenvalue weighted by atomic mass is 16.6. The summed E-state index contributed by atoms with van der Waals surface area (Å²) < 4.78 is 6.51. The van der Waals surface area contributed by atoms with Gasteiger partial charge < -0.3 is 14.6 Å². The maximum atomic E-state index is 12.4. The van der Waals surface area contributed by atoms with Crippen molar-refractivity contribution in [3.63, 3.8) is 0 Å². The SMILES string of the molecule is COc1ccc(C(=O)Nc2ccc(Cn3ccccc3=O)cc2)cc1[N+](=O)[O-]. The number of carbonyl (C=O) groups excluding carboxylic acids is 1.